The number of carbonyl (C=O) groups is 1. The molecule has 1 aromatic carbocycles. The normalized spacial score (nSPS) is 10.4. The first-order valence-corrected chi connectivity index (χ1v) is 7.24. The van der Waals surface area contributed by atoms with E-state index in [1.165, 1.54) is 0 Å². The highest BCUT2D eigenvalue weighted by molar-refractivity contribution is 6.30. The molecule has 0 aliphatic carbocycles. The SMILES string of the molecule is CC(C)c1c(C(=O)NCCN)cnn1-c1cccc(Cl)c1.Cl. The lowest BCUT2D eigenvalue weighted by Crippen LogP contribution is -2.29. The summed E-state index contributed by atoms with van der Waals surface area (Å²) < 4.78 is 1.76. The topological polar surface area (TPSA) is 72.9 Å². The van der Waals surface area contributed by atoms with Gasteiger partial charge in [0.2, 0.25) is 0 Å². The minimum absolute atomic E-state index is 0. The standard InChI is InChI=1S/C15H19ClN4O.ClH/c1-10(2)14-13(15(21)18-7-6-17)9-19-20(14)12-5-3-4-11(16)8-12;/h3-5,8-10H,6-7,17H2,1-2H3,(H,18,21);1H. The zero-order chi connectivity index (χ0) is 15.4. The molecule has 0 saturated carbocycles. The Labute approximate surface area is 141 Å². The van der Waals surface area contributed by atoms with Crippen LogP contribution in [-0.4, -0.2) is 28.8 Å². The number of benzene rings is 1. The summed E-state index contributed by atoms with van der Waals surface area (Å²) in [5, 5.41) is 7.75. The van der Waals surface area contributed by atoms with Crippen LogP contribution >= 0.6 is 24.0 Å². The third-order valence-electron chi connectivity index (χ3n) is 3.08. The Kier molecular flexibility index (Phi) is 6.87. The third kappa shape index (κ3) is 4.00. The Morgan fingerprint density at radius 1 is 1.45 bits per heavy atom. The summed E-state index contributed by atoms with van der Waals surface area (Å²) in [7, 11) is 0. The number of nitrogens with one attached hydrogen (secondary N) is 1. The van der Waals surface area contributed by atoms with Gasteiger partial charge in [-0.2, -0.15) is 5.10 Å². The van der Waals surface area contributed by atoms with Crippen molar-refractivity contribution in [3.8, 4) is 5.69 Å². The zero-order valence-corrected chi connectivity index (χ0v) is 14.1. The molecule has 0 unspecified atom stereocenters. The molecule has 0 radical (unpaired) electrons. The second-order valence-corrected chi connectivity index (χ2v) is 5.47. The molecule has 120 valence electrons. The van der Waals surface area contributed by atoms with E-state index >= 15 is 0 Å². The fourth-order valence-corrected chi connectivity index (χ4v) is 2.37. The van der Waals surface area contributed by atoms with Crippen molar-refractivity contribution in [2.45, 2.75) is 19.8 Å². The maximum absolute atomic E-state index is 12.2. The zero-order valence-electron chi connectivity index (χ0n) is 12.5. The molecule has 0 spiro atoms. The van der Waals surface area contributed by atoms with Gasteiger partial charge >= 0.3 is 0 Å². The highest BCUT2D eigenvalue weighted by Gasteiger charge is 2.20. The number of nitrogens with zero attached hydrogens (tertiary/aromatic N) is 2. The molecule has 5 nitrogen and oxygen atoms in total. The number of halogens is 2. The second-order valence-electron chi connectivity index (χ2n) is 5.03. The van der Waals surface area contributed by atoms with Gasteiger partial charge in [0.15, 0.2) is 0 Å². The van der Waals surface area contributed by atoms with E-state index in [1.54, 1.807) is 16.9 Å². The average Bonchev–Trinajstić information content (AvgIpc) is 2.89. The van der Waals surface area contributed by atoms with Crippen molar-refractivity contribution < 1.29 is 4.79 Å². The van der Waals surface area contributed by atoms with Crippen LogP contribution in [0.5, 0.6) is 0 Å². The van der Waals surface area contributed by atoms with Crippen molar-refractivity contribution in [3.05, 3.63) is 46.7 Å². The molecule has 2 rings (SSSR count). The fraction of sp³-hybridized carbons (Fsp3) is 0.333. The number of hydrogen-bond acceptors (Lipinski definition) is 3. The summed E-state index contributed by atoms with van der Waals surface area (Å²) in [5.74, 6) is -0.0115. The van der Waals surface area contributed by atoms with Gasteiger partial charge in [-0.1, -0.05) is 31.5 Å². The molecule has 0 bridgehead atoms. The van der Waals surface area contributed by atoms with E-state index in [0.717, 1.165) is 11.4 Å². The van der Waals surface area contributed by atoms with Crippen LogP contribution in [0.1, 0.15) is 35.8 Å². The lowest BCUT2D eigenvalue weighted by atomic mass is 10.1. The van der Waals surface area contributed by atoms with Gasteiger partial charge in [-0.25, -0.2) is 4.68 Å². The first-order chi connectivity index (χ1) is 10.0. The Morgan fingerprint density at radius 2 is 2.18 bits per heavy atom. The van der Waals surface area contributed by atoms with Crippen molar-refractivity contribution in [3.63, 3.8) is 0 Å². The van der Waals surface area contributed by atoms with E-state index in [-0.39, 0.29) is 24.2 Å². The van der Waals surface area contributed by atoms with Gasteiger partial charge in [-0.05, 0) is 24.1 Å². The molecule has 3 N–H and O–H groups in total. The van der Waals surface area contributed by atoms with E-state index in [2.05, 4.69) is 10.4 Å². The molecule has 0 fully saturated rings. The fourth-order valence-electron chi connectivity index (χ4n) is 2.18. The highest BCUT2D eigenvalue weighted by Crippen LogP contribution is 2.24. The molecule has 1 aromatic heterocycles. The lowest BCUT2D eigenvalue weighted by molar-refractivity contribution is 0.0953. The Bertz CT molecular complexity index is 640. The second kappa shape index (κ2) is 8.17. The van der Waals surface area contributed by atoms with Crippen molar-refractivity contribution >= 4 is 29.9 Å². The van der Waals surface area contributed by atoms with Gasteiger partial charge in [0, 0.05) is 18.1 Å². The van der Waals surface area contributed by atoms with E-state index in [0.29, 0.717) is 23.7 Å². The number of carbonyl (C=O) groups excluding carboxylic acids is 1. The van der Waals surface area contributed by atoms with E-state index in [9.17, 15) is 4.79 Å². The largest absolute Gasteiger partial charge is 0.351 e. The summed E-state index contributed by atoms with van der Waals surface area (Å²) >= 11 is 6.03. The maximum atomic E-state index is 12.2. The molecule has 0 aliphatic rings. The van der Waals surface area contributed by atoms with Crippen LogP contribution in [0.2, 0.25) is 5.02 Å². The molecule has 0 saturated heterocycles. The summed E-state index contributed by atoms with van der Waals surface area (Å²) in [6.07, 6.45) is 1.59. The Balaban J connectivity index is 0.00000242. The Hall–Kier alpha value is -1.56. The van der Waals surface area contributed by atoms with Crippen molar-refractivity contribution in [2.24, 2.45) is 5.73 Å². The first-order valence-electron chi connectivity index (χ1n) is 6.86. The molecule has 22 heavy (non-hydrogen) atoms. The molecule has 7 heteroatoms. The van der Waals surface area contributed by atoms with Gasteiger partial charge in [0.05, 0.1) is 23.1 Å². The van der Waals surface area contributed by atoms with Crippen LogP contribution in [0.4, 0.5) is 0 Å². The molecule has 1 amide bonds. The average molecular weight is 343 g/mol. The predicted octanol–water partition coefficient (Wildman–Crippen LogP) is 2.76. The van der Waals surface area contributed by atoms with Crippen molar-refractivity contribution in [2.75, 3.05) is 13.1 Å². The number of hydrogen-bond donors (Lipinski definition) is 2. The number of aromatic nitrogens is 2. The van der Waals surface area contributed by atoms with Gasteiger partial charge in [-0.15, -0.1) is 12.4 Å². The molecule has 0 atom stereocenters. The van der Waals surface area contributed by atoms with E-state index in [1.807, 2.05) is 32.0 Å². The quantitative estimate of drug-likeness (QED) is 0.877. The smallest absolute Gasteiger partial charge is 0.254 e. The summed E-state index contributed by atoms with van der Waals surface area (Å²) in [4.78, 5) is 12.2. The number of nitrogens with two attached hydrogens (primary N) is 1. The van der Waals surface area contributed by atoms with Gasteiger partial charge in [0.1, 0.15) is 0 Å². The Morgan fingerprint density at radius 3 is 2.77 bits per heavy atom. The highest BCUT2D eigenvalue weighted by atomic mass is 35.5. The van der Waals surface area contributed by atoms with E-state index < -0.39 is 0 Å². The third-order valence-corrected chi connectivity index (χ3v) is 3.32. The molecule has 2 aromatic rings. The van der Waals surface area contributed by atoms with Crippen LogP contribution in [0.25, 0.3) is 5.69 Å². The van der Waals surface area contributed by atoms with Crippen molar-refractivity contribution in [1.29, 1.82) is 0 Å². The monoisotopic (exact) mass is 342 g/mol. The lowest BCUT2D eigenvalue weighted by Gasteiger charge is -2.13. The summed E-state index contributed by atoms with van der Waals surface area (Å²) in [5.41, 5.74) is 7.67. The van der Waals surface area contributed by atoms with Crippen LogP contribution in [0.3, 0.4) is 0 Å². The summed E-state index contributed by atoms with van der Waals surface area (Å²) in [6, 6.07) is 7.39. The molecule has 0 aliphatic heterocycles. The van der Waals surface area contributed by atoms with Crippen LogP contribution < -0.4 is 11.1 Å². The van der Waals surface area contributed by atoms with E-state index in [4.69, 9.17) is 17.3 Å². The van der Waals surface area contributed by atoms with Gasteiger partial charge in [0.25, 0.3) is 5.91 Å². The van der Waals surface area contributed by atoms with Crippen molar-refractivity contribution in [1.82, 2.24) is 15.1 Å². The minimum Gasteiger partial charge on any atom is -0.351 e. The maximum Gasteiger partial charge on any atom is 0.254 e. The molecular weight excluding hydrogens is 323 g/mol. The van der Waals surface area contributed by atoms with Gasteiger partial charge < -0.3 is 11.1 Å². The first kappa shape index (κ1) is 18.5. The van der Waals surface area contributed by atoms with Crippen LogP contribution in [-0.2, 0) is 0 Å². The number of amides is 1. The van der Waals surface area contributed by atoms with Crippen LogP contribution in [0.15, 0.2) is 30.5 Å². The minimum atomic E-state index is -0.155. The van der Waals surface area contributed by atoms with Gasteiger partial charge in [-0.3, -0.25) is 4.79 Å². The van der Waals surface area contributed by atoms with Crippen LogP contribution in [0, 0.1) is 0 Å². The summed E-state index contributed by atoms with van der Waals surface area (Å²) in [6.45, 7) is 4.90. The predicted molar refractivity (Wildman–Crippen MR) is 91.3 cm³/mol. The number of rotatable bonds is 5. The molecule has 1 heterocycles. The molecular formula is C15H20Cl2N4O.